The SMILES string of the molecule is CCOC(=O)N[C@@H]1CCC=C(/C=C/C(=O)OC(C)/C=C\C(C)=O)C1.CCOC(=O)N[C@@H]1CCC=C(/C=C/C(=O)O[C@H](C)C#CC(C)=O)C1. The van der Waals surface area contributed by atoms with Crippen molar-refractivity contribution in [2.45, 2.75) is 104 Å². The summed E-state index contributed by atoms with van der Waals surface area (Å²) in [4.78, 5) is 67.9. The Labute approximate surface area is 283 Å². The van der Waals surface area contributed by atoms with Crippen LogP contribution in [0.5, 0.6) is 0 Å². The molecule has 2 aliphatic rings. The van der Waals surface area contributed by atoms with Crippen LogP contribution in [0, 0.1) is 11.8 Å². The van der Waals surface area contributed by atoms with Gasteiger partial charge in [-0.2, -0.15) is 0 Å². The first-order chi connectivity index (χ1) is 22.8. The van der Waals surface area contributed by atoms with Gasteiger partial charge in [-0.1, -0.05) is 30.2 Å². The lowest BCUT2D eigenvalue weighted by atomic mass is 9.94. The Bertz CT molecular complexity index is 1350. The van der Waals surface area contributed by atoms with E-state index in [1.54, 1.807) is 39.8 Å². The van der Waals surface area contributed by atoms with E-state index in [2.05, 4.69) is 22.5 Å². The number of allylic oxidation sites excluding steroid dienone is 5. The smallest absolute Gasteiger partial charge is 0.407 e. The van der Waals surface area contributed by atoms with Crippen molar-refractivity contribution in [3.63, 3.8) is 0 Å². The summed E-state index contributed by atoms with van der Waals surface area (Å²) in [6, 6.07) is -0.00720. The van der Waals surface area contributed by atoms with Crippen LogP contribution in [0.2, 0.25) is 0 Å². The number of ketones is 2. The maximum absolute atomic E-state index is 11.7. The van der Waals surface area contributed by atoms with Crippen LogP contribution in [-0.4, -0.2) is 73.2 Å². The Morgan fingerprint density at radius 3 is 1.71 bits per heavy atom. The second-order valence-corrected chi connectivity index (χ2v) is 10.9. The van der Waals surface area contributed by atoms with Gasteiger partial charge in [-0.25, -0.2) is 19.2 Å². The fourth-order valence-electron chi connectivity index (χ4n) is 4.41. The Morgan fingerprint density at radius 2 is 1.27 bits per heavy atom. The molecule has 2 N–H and O–H groups in total. The molecule has 2 aliphatic carbocycles. The molecule has 48 heavy (non-hydrogen) atoms. The number of ether oxygens (including phenoxy) is 4. The quantitative estimate of drug-likeness (QED) is 0.0936. The number of alkyl carbamates (subject to hydrolysis) is 2. The van der Waals surface area contributed by atoms with Gasteiger partial charge in [0.15, 0.2) is 11.9 Å². The van der Waals surface area contributed by atoms with E-state index in [0.717, 1.165) is 36.8 Å². The molecule has 12 nitrogen and oxygen atoms in total. The summed E-state index contributed by atoms with van der Waals surface area (Å²) in [5.41, 5.74) is 1.91. The van der Waals surface area contributed by atoms with Crippen LogP contribution in [0.3, 0.4) is 0 Å². The van der Waals surface area contributed by atoms with Gasteiger partial charge in [-0.15, -0.1) is 0 Å². The van der Waals surface area contributed by atoms with Gasteiger partial charge in [-0.3, -0.25) is 9.59 Å². The summed E-state index contributed by atoms with van der Waals surface area (Å²) >= 11 is 0. The van der Waals surface area contributed by atoms with Gasteiger partial charge in [0.05, 0.1) is 13.2 Å². The first-order valence-electron chi connectivity index (χ1n) is 16.0. The first-order valence-corrected chi connectivity index (χ1v) is 16.0. The molecule has 2 rings (SSSR count). The van der Waals surface area contributed by atoms with Gasteiger partial charge in [0.1, 0.15) is 6.10 Å². The number of rotatable bonds is 12. The zero-order chi connectivity index (χ0) is 35.9. The van der Waals surface area contributed by atoms with Crippen molar-refractivity contribution in [2.75, 3.05) is 13.2 Å². The molecule has 2 amide bonds. The third-order valence-electron chi connectivity index (χ3n) is 6.52. The third kappa shape index (κ3) is 20.3. The van der Waals surface area contributed by atoms with E-state index in [4.69, 9.17) is 18.9 Å². The number of esters is 2. The van der Waals surface area contributed by atoms with Crippen molar-refractivity contribution in [3.8, 4) is 11.8 Å². The Hall–Kier alpha value is -4.92. The lowest BCUT2D eigenvalue weighted by molar-refractivity contribution is -0.141. The number of carbonyl (C=O) groups is 6. The second kappa shape index (κ2) is 23.4. The predicted octanol–water partition coefficient (Wildman–Crippen LogP) is 5.14. The van der Waals surface area contributed by atoms with Crippen LogP contribution in [0.25, 0.3) is 0 Å². The lowest BCUT2D eigenvalue weighted by Crippen LogP contribution is -2.36. The zero-order valence-corrected chi connectivity index (χ0v) is 28.7. The molecular weight excluding hydrogens is 620 g/mol. The van der Waals surface area contributed by atoms with E-state index in [-0.39, 0.29) is 23.7 Å². The van der Waals surface area contributed by atoms with Gasteiger partial charge < -0.3 is 29.6 Å². The number of hydrogen-bond donors (Lipinski definition) is 2. The standard InChI is InChI=1S/C18H25NO5.C18H23NO5/c2*1-4-23-18(22)19-16-7-5-6-15(12-16)10-11-17(21)24-14(3)9-8-13(2)20/h6,8-11,14,16H,4-5,7,12H2,1-3H3,(H,19,22);6,10-11,14,16H,4-5,7,12H2,1-3H3,(H,19,22)/b9-8-,11-10+;11-10+/t14?,16-;14-,16-/m11/s1. The molecular formula is C36H48N2O10. The molecule has 1 unspecified atom stereocenters. The topological polar surface area (TPSA) is 163 Å². The van der Waals surface area contributed by atoms with Gasteiger partial charge in [0.2, 0.25) is 5.78 Å². The van der Waals surface area contributed by atoms with E-state index in [1.165, 1.54) is 38.2 Å². The number of carbonyl (C=O) groups excluding carboxylic acids is 6. The molecule has 0 saturated carbocycles. The molecule has 0 aromatic carbocycles. The normalized spacial score (nSPS) is 18.5. The van der Waals surface area contributed by atoms with Crippen molar-refractivity contribution in [1.29, 1.82) is 0 Å². The van der Waals surface area contributed by atoms with Crippen LogP contribution in [-0.2, 0) is 38.1 Å². The highest BCUT2D eigenvalue weighted by atomic mass is 16.6. The average molecular weight is 669 g/mol. The molecule has 12 heteroatoms. The summed E-state index contributed by atoms with van der Waals surface area (Å²) in [6.45, 7) is 10.2. The van der Waals surface area contributed by atoms with Crippen LogP contribution in [0.4, 0.5) is 9.59 Å². The monoisotopic (exact) mass is 668 g/mol. The molecule has 0 aromatic rings. The molecule has 0 aliphatic heterocycles. The molecule has 0 aromatic heterocycles. The zero-order valence-electron chi connectivity index (χ0n) is 28.7. The van der Waals surface area contributed by atoms with Gasteiger partial charge >= 0.3 is 24.1 Å². The number of nitrogens with one attached hydrogen (secondary N) is 2. The first kappa shape index (κ1) is 41.1. The second-order valence-electron chi connectivity index (χ2n) is 10.9. The highest BCUT2D eigenvalue weighted by Crippen LogP contribution is 2.20. The number of hydrogen-bond acceptors (Lipinski definition) is 10. The summed E-state index contributed by atoms with van der Waals surface area (Å²) in [5, 5.41) is 5.60. The summed E-state index contributed by atoms with van der Waals surface area (Å²) < 4.78 is 19.9. The lowest BCUT2D eigenvalue weighted by Gasteiger charge is -2.22. The van der Waals surface area contributed by atoms with Crippen molar-refractivity contribution in [3.05, 3.63) is 59.8 Å². The minimum absolute atomic E-state index is 0.00199. The van der Waals surface area contributed by atoms with E-state index in [9.17, 15) is 28.8 Å². The van der Waals surface area contributed by atoms with Crippen LogP contribution >= 0.6 is 0 Å². The van der Waals surface area contributed by atoms with Crippen LogP contribution in [0.15, 0.2) is 59.8 Å². The molecule has 0 spiro atoms. The predicted molar refractivity (Wildman–Crippen MR) is 179 cm³/mol. The highest BCUT2D eigenvalue weighted by Gasteiger charge is 2.18. The number of amides is 2. The van der Waals surface area contributed by atoms with Gasteiger partial charge in [0, 0.05) is 31.2 Å². The Morgan fingerprint density at radius 1 is 0.792 bits per heavy atom. The van der Waals surface area contributed by atoms with Crippen molar-refractivity contribution in [1.82, 2.24) is 10.6 Å². The molecule has 0 saturated heterocycles. The average Bonchev–Trinajstić information content (AvgIpc) is 3.02. The minimum atomic E-state index is -0.649. The van der Waals surface area contributed by atoms with Gasteiger partial charge in [0.25, 0.3) is 0 Å². The van der Waals surface area contributed by atoms with E-state index in [0.29, 0.717) is 26.1 Å². The van der Waals surface area contributed by atoms with Crippen LogP contribution < -0.4 is 10.6 Å². The maximum Gasteiger partial charge on any atom is 0.407 e. The van der Waals surface area contributed by atoms with Crippen molar-refractivity contribution >= 4 is 35.7 Å². The molecule has 0 radical (unpaired) electrons. The molecule has 0 fully saturated rings. The van der Waals surface area contributed by atoms with Crippen molar-refractivity contribution < 1.29 is 47.7 Å². The molecule has 0 bridgehead atoms. The van der Waals surface area contributed by atoms with E-state index in [1.807, 2.05) is 12.2 Å². The number of Topliss-reactive ketones (excluding diaryl/α,β-unsaturated/α-hetero) is 1. The highest BCUT2D eigenvalue weighted by molar-refractivity contribution is 5.93. The van der Waals surface area contributed by atoms with Gasteiger partial charge in [-0.05, 0) is 102 Å². The molecule has 262 valence electrons. The fraction of sp³-hybridized carbons (Fsp3) is 0.500. The largest absolute Gasteiger partial charge is 0.455 e. The fourth-order valence-corrected chi connectivity index (χ4v) is 4.41. The Balaban J connectivity index is 0.000000480. The third-order valence-corrected chi connectivity index (χ3v) is 6.52. The van der Waals surface area contributed by atoms with E-state index < -0.39 is 36.3 Å². The van der Waals surface area contributed by atoms with Crippen molar-refractivity contribution in [2.24, 2.45) is 0 Å². The molecule has 0 heterocycles. The summed E-state index contributed by atoms with van der Waals surface area (Å²) in [6.07, 6.45) is 15.6. The maximum atomic E-state index is 11.7. The minimum Gasteiger partial charge on any atom is -0.455 e. The Kier molecular flexibility index (Phi) is 20.0. The molecule has 4 atom stereocenters. The summed E-state index contributed by atoms with van der Waals surface area (Å²) in [7, 11) is 0. The van der Waals surface area contributed by atoms with Crippen LogP contribution in [0.1, 0.15) is 80.1 Å². The van der Waals surface area contributed by atoms with E-state index >= 15 is 0 Å². The summed E-state index contributed by atoms with van der Waals surface area (Å²) in [5.74, 6) is 3.50.